The number of anilines is 1. The van der Waals surface area contributed by atoms with Gasteiger partial charge in [-0.1, -0.05) is 23.2 Å². The minimum atomic E-state index is -0.0553. The van der Waals surface area contributed by atoms with E-state index in [1.54, 1.807) is 23.6 Å². The number of thiazole rings is 1. The number of hydrogen-bond acceptors (Lipinski definition) is 6. The first-order valence-corrected chi connectivity index (χ1v) is 8.33. The van der Waals surface area contributed by atoms with E-state index in [1.807, 2.05) is 12.3 Å². The van der Waals surface area contributed by atoms with Crippen molar-refractivity contribution >= 4 is 51.3 Å². The molecule has 0 aliphatic carbocycles. The molecule has 0 fully saturated rings. The van der Waals surface area contributed by atoms with E-state index in [1.165, 1.54) is 0 Å². The van der Waals surface area contributed by atoms with Crippen molar-refractivity contribution in [2.75, 3.05) is 5.32 Å². The van der Waals surface area contributed by atoms with Crippen LogP contribution in [0.25, 0.3) is 11.1 Å². The smallest absolute Gasteiger partial charge is 0.177 e. The van der Waals surface area contributed by atoms with Crippen molar-refractivity contribution in [3.63, 3.8) is 0 Å². The second kappa shape index (κ2) is 6.42. The molecule has 1 atom stereocenters. The normalized spacial score (nSPS) is 12.7. The Labute approximate surface area is 141 Å². The van der Waals surface area contributed by atoms with Crippen LogP contribution in [0.15, 0.2) is 22.1 Å². The lowest BCUT2D eigenvalue weighted by atomic mass is 10.2. The Kier molecular flexibility index (Phi) is 4.54. The van der Waals surface area contributed by atoms with Gasteiger partial charge in [-0.3, -0.25) is 0 Å². The molecule has 3 heterocycles. The van der Waals surface area contributed by atoms with Gasteiger partial charge < -0.3 is 15.5 Å². The Bertz CT molecular complexity index is 786. The van der Waals surface area contributed by atoms with Crippen LogP contribution in [0, 0.1) is 0 Å². The van der Waals surface area contributed by atoms with Crippen molar-refractivity contribution in [3.8, 4) is 0 Å². The SMILES string of the molecule is C[C@H](N)Cc1oc2c(NCc3nccs3)cc(Cl)nc2c1Cl. The number of hydrogen-bond donors (Lipinski definition) is 2. The third-order valence-corrected chi connectivity index (χ3v) is 4.40. The summed E-state index contributed by atoms with van der Waals surface area (Å²) in [5.74, 6) is 0.624. The maximum Gasteiger partial charge on any atom is 0.177 e. The third-order valence-electron chi connectivity index (χ3n) is 3.04. The fraction of sp³-hybridized carbons (Fsp3) is 0.286. The molecule has 0 unspecified atom stereocenters. The summed E-state index contributed by atoms with van der Waals surface area (Å²) in [4.78, 5) is 8.48. The molecule has 0 amide bonds. The number of nitrogens with one attached hydrogen (secondary N) is 1. The minimum absolute atomic E-state index is 0.0553. The highest BCUT2D eigenvalue weighted by molar-refractivity contribution is 7.09. The van der Waals surface area contributed by atoms with E-state index in [9.17, 15) is 0 Å². The topological polar surface area (TPSA) is 77.0 Å². The van der Waals surface area contributed by atoms with Crippen molar-refractivity contribution in [3.05, 3.63) is 38.6 Å². The molecule has 0 saturated heterocycles. The standard InChI is InChI=1S/C14H14Cl2N4OS/c1-7(17)4-9-12(16)13-14(21-9)8(5-10(15)20-13)19-6-11-18-2-3-22-11/h2-3,5,7H,4,6,17H2,1H3,(H,19,20)/t7-/m0/s1. The van der Waals surface area contributed by atoms with Crippen LogP contribution in [0.3, 0.4) is 0 Å². The highest BCUT2D eigenvalue weighted by atomic mass is 35.5. The van der Waals surface area contributed by atoms with E-state index >= 15 is 0 Å². The largest absolute Gasteiger partial charge is 0.455 e. The van der Waals surface area contributed by atoms with E-state index in [-0.39, 0.29) is 6.04 Å². The van der Waals surface area contributed by atoms with E-state index in [0.29, 0.717) is 40.0 Å². The van der Waals surface area contributed by atoms with Crippen LogP contribution >= 0.6 is 34.5 Å². The molecule has 0 aliphatic heterocycles. The van der Waals surface area contributed by atoms with Gasteiger partial charge in [-0.15, -0.1) is 11.3 Å². The molecule has 0 saturated carbocycles. The molecule has 0 radical (unpaired) electrons. The van der Waals surface area contributed by atoms with Crippen molar-refractivity contribution in [2.45, 2.75) is 25.9 Å². The number of nitrogens with zero attached hydrogens (tertiary/aromatic N) is 2. The molecule has 0 aliphatic rings. The van der Waals surface area contributed by atoms with Crippen LogP contribution in [-0.4, -0.2) is 16.0 Å². The predicted octanol–water partition coefficient (Wildman–Crippen LogP) is 4.09. The lowest BCUT2D eigenvalue weighted by Crippen LogP contribution is -2.17. The van der Waals surface area contributed by atoms with Gasteiger partial charge in [-0.05, 0) is 6.92 Å². The minimum Gasteiger partial charge on any atom is -0.455 e. The number of rotatable bonds is 5. The van der Waals surface area contributed by atoms with Gasteiger partial charge in [0.15, 0.2) is 5.58 Å². The number of nitrogens with two attached hydrogens (primary N) is 1. The van der Waals surface area contributed by atoms with E-state index in [4.69, 9.17) is 33.4 Å². The summed E-state index contributed by atoms with van der Waals surface area (Å²) in [6.07, 6.45) is 2.31. The zero-order valence-corrected chi connectivity index (χ0v) is 14.1. The third kappa shape index (κ3) is 3.20. The molecule has 0 spiro atoms. The van der Waals surface area contributed by atoms with Gasteiger partial charge in [0.2, 0.25) is 0 Å². The van der Waals surface area contributed by atoms with E-state index < -0.39 is 0 Å². The van der Waals surface area contributed by atoms with Crippen LogP contribution in [-0.2, 0) is 13.0 Å². The van der Waals surface area contributed by atoms with Gasteiger partial charge in [-0.2, -0.15) is 0 Å². The molecular formula is C14H14Cl2N4OS. The van der Waals surface area contributed by atoms with Gasteiger partial charge >= 0.3 is 0 Å². The second-order valence-corrected chi connectivity index (χ2v) is 6.71. The Morgan fingerprint density at radius 3 is 2.95 bits per heavy atom. The highest BCUT2D eigenvalue weighted by Crippen LogP contribution is 2.35. The first-order chi connectivity index (χ1) is 10.5. The van der Waals surface area contributed by atoms with Crippen LogP contribution in [0.5, 0.6) is 0 Å². The molecule has 3 rings (SSSR count). The monoisotopic (exact) mass is 356 g/mol. The molecule has 3 N–H and O–H groups in total. The Morgan fingerprint density at radius 2 is 2.27 bits per heavy atom. The number of furan rings is 1. The summed E-state index contributed by atoms with van der Waals surface area (Å²) in [7, 11) is 0. The summed E-state index contributed by atoms with van der Waals surface area (Å²) < 4.78 is 5.85. The Morgan fingerprint density at radius 1 is 1.45 bits per heavy atom. The molecule has 5 nitrogen and oxygen atoms in total. The molecule has 3 aromatic rings. The number of aromatic nitrogens is 2. The lowest BCUT2D eigenvalue weighted by molar-refractivity contribution is 0.526. The number of fused-ring (bicyclic) bond motifs is 1. The highest BCUT2D eigenvalue weighted by Gasteiger charge is 2.18. The average Bonchev–Trinajstić information content (AvgIpc) is 3.07. The number of pyridine rings is 1. The summed E-state index contributed by atoms with van der Waals surface area (Å²) in [6.45, 7) is 2.47. The van der Waals surface area contributed by atoms with E-state index in [0.717, 1.165) is 10.7 Å². The summed E-state index contributed by atoms with van der Waals surface area (Å²) >= 11 is 14.0. The van der Waals surface area contributed by atoms with Crippen LogP contribution in [0.2, 0.25) is 10.2 Å². The van der Waals surface area contributed by atoms with Crippen LogP contribution in [0.4, 0.5) is 5.69 Å². The molecule has 0 bridgehead atoms. The predicted molar refractivity (Wildman–Crippen MR) is 90.8 cm³/mol. The van der Waals surface area contributed by atoms with Gasteiger partial charge in [0.05, 0.1) is 12.2 Å². The van der Waals surface area contributed by atoms with Gasteiger partial charge in [0.25, 0.3) is 0 Å². The average molecular weight is 357 g/mol. The van der Waals surface area contributed by atoms with Gasteiger partial charge in [0.1, 0.15) is 26.5 Å². The zero-order valence-electron chi connectivity index (χ0n) is 11.8. The Hall–Kier alpha value is -1.34. The summed E-state index contributed by atoms with van der Waals surface area (Å²) in [6, 6.07) is 1.66. The summed E-state index contributed by atoms with van der Waals surface area (Å²) in [5.41, 5.74) is 7.69. The first kappa shape index (κ1) is 15.6. The fourth-order valence-electron chi connectivity index (χ4n) is 2.12. The molecule has 116 valence electrons. The zero-order chi connectivity index (χ0) is 15.7. The van der Waals surface area contributed by atoms with E-state index in [2.05, 4.69) is 15.3 Å². The van der Waals surface area contributed by atoms with Crippen LogP contribution in [0.1, 0.15) is 17.7 Å². The summed E-state index contributed by atoms with van der Waals surface area (Å²) in [5, 5.41) is 6.97. The molecule has 0 aromatic carbocycles. The quantitative estimate of drug-likeness (QED) is 0.673. The lowest BCUT2D eigenvalue weighted by Gasteiger charge is -2.05. The first-order valence-electron chi connectivity index (χ1n) is 6.70. The second-order valence-electron chi connectivity index (χ2n) is 4.97. The number of halogens is 2. The maximum absolute atomic E-state index is 6.34. The maximum atomic E-state index is 6.34. The molecule has 3 aromatic heterocycles. The fourth-order valence-corrected chi connectivity index (χ4v) is 3.11. The van der Waals surface area contributed by atoms with Crippen molar-refractivity contribution in [1.82, 2.24) is 9.97 Å². The molecular weight excluding hydrogens is 343 g/mol. The van der Waals surface area contributed by atoms with Gasteiger partial charge in [0, 0.05) is 30.1 Å². The van der Waals surface area contributed by atoms with Crippen molar-refractivity contribution in [1.29, 1.82) is 0 Å². The van der Waals surface area contributed by atoms with Crippen LogP contribution < -0.4 is 11.1 Å². The Balaban J connectivity index is 1.98. The molecule has 8 heteroatoms. The van der Waals surface area contributed by atoms with Crippen molar-refractivity contribution < 1.29 is 4.42 Å². The van der Waals surface area contributed by atoms with Crippen molar-refractivity contribution in [2.24, 2.45) is 5.73 Å². The molecule has 22 heavy (non-hydrogen) atoms. The van der Waals surface area contributed by atoms with Gasteiger partial charge in [-0.25, -0.2) is 9.97 Å².